The Bertz CT molecular complexity index is 1480. The number of hydrogen-bond acceptors (Lipinski definition) is 7. The number of ether oxygens (including phenoxy) is 3. The molecule has 0 aliphatic heterocycles. The summed E-state index contributed by atoms with van der Waals surface area (Å²) in [6.45, 7) is 0. The van der Waals surface area contributed by atoms with E-state index >= 15 is 0 Å². The highest BCUT2D eigenvalue weighted by molar-refractivity contribution is 9.10. The van der Waals surface area contributed by atoms with Crippen molar-refractivity contribution in [2.45, 2.75) is 0 Å². The summed E-state index contributed by atoms with van der Waals surface area (Å²) in [5.74, 6) is -0.257. The third kappa shape index (κ3) is 5.47. The maximum atomic E-state index is 12.8. The van der Waals surface area contributed by atoms with E-state index in [1.807, 2.05) is 24.3 Å². The molecule has 4 rings (SSSR count). The van der Waals surface area contributed by atoms with E-state index in [2.05, 4.69) is 26.5 Å². The molecule has 4 aromatic carbocycles. The molecular weight excluding hydrogens is 528 g/mol. The van der Waals surface area contributed by atoms with Crippen LogP contribution in [0.15, 0.2) is 82.4 Å². The molecule has 0 spiro atoms. The molecule has 2 N–H and O–H groups in total. The third-order valence-corrected chi connectivity index (χ3v) is 5.77. The Morgan fingerprint density at radius 1 is 0.889 bits per heavy atom. The van der Waals surface area contributed by atoms with Crippen molar-refractivity contribution in [1.29, 1.82) is 0 Å². The maximum absolute atomic E-state index is 12.8. The van der Waals surface area contributed by atoms with Crippen molar-refractivity contribution in [1.82, 2.24) is 5.43 Å². The number of benzene rings is 4. The Balaban J connectivity index is 1.52. The molecule has 9 heteroatoms. The number of aromatic hydroxyl groups is 1. The van der Waals surface area contributed by atoms with Crippen molar-refractivity contribution >= 4 is 44.8 Å². The molecular formula is C27H21BrN2O6. The Kier molecular flexibility index (Phi) is 7.50. The number of hydrogen-bond donors (Lipinski definition) is 2. The average molecular weight is 549 g/mol. The summed E-state index contributed by atoms with van der Waals surface area (Å²) in [6, 6.07) is 20.2. The van der Waals surface area contributed by atoms with Crippen molar-refractivity contribution in [2.75, 3.05) is 14.2 Å². The van der Waals surface area contributed by atoms with E-state index in [1.165, 1.54) is 32.6 Å². The summed E-state index contributed by atoms with van der Waals surface area (Å²) in [5.41, 5.74) is 3.17. The minimum absolute atomic E-state index is 0.0835. The average Bonchev–Trinajstić information content (AvgIpc) is 2.89. The lowest BCUT2D eigenvalue weighted by molar-refractivity contribution is 0.0733. The Hall–Kier alpha value is -4.37. The lowest BCUT2D eigenvalue weighted by atomic mass is 10.1. The minimum Gasteiger partial charge on any atom is -0.507 e. The van der Waals surface area contributed by atoms with E-state index in [0.717, 1.165) is 10.8 Å². The third-order valence-electron chi connectivity index (χ3n) is 5.27. The van der Waals surface area contributed by atoms with Gasteiger partial charge in [0.2, 0.25) is 0 Å². The van der Waals surface area contributed by atoms with Gasteiger partial charge in [-0.15, -0.1) is 0 Å². The van der Waals surface area contributed by atoms with Crippen molar-refractivity contribution < 1.29 is 28.9 Å². The standard InChI is InChI=1S/C27H21BrN2O6/c1-34-24-9-7-18(14-25(24)35-2)27(33)36-23-10-8-20(28)11-19(23)15-29-30-26(32)21-12-16-5-3-4-6-17(16)13-22(21)31/h3-15,31H,1-2H3,(H,30,32)/b29-15+. The van der Waals surface area contributed by atoms with Gasteiger partial charge in [-0.2, -0.15) is 5.10 Å². The largest absolute Gasteiger partial charge is 0.507 e. The second-order valence-electron chi connectivity index (χ2n) is 7.56. The van der Waals surface area contributed by atoms with Crippen molar-refractivity contribution in [3.63, 3.8) is 0 Å². The Labute approximate surface area is 215 Å². The number of phenolic OH excluding ortho intramolecular Hbond substituents is 1. The predicted octanol–water partition coefficient (Wildman–Crippen LogP) is 5.31. The highest BCUT2D eigenvalue weighted by Crippen LogP contribution is 2.29. The highest BCUT2D eigenvalue weighted by Gasteiger charge is 2.15. The van der Waals surface area contributed by atoms with Crippen LogP contribution in [0.3, 0.4) is 0 Å². The molecule has 0 fully saturated rings. The van der Waals surface area contributed by atoms with Crippen LogP contribution in [0.25, 0.3) is 10.8 Å². The molecule has 0 heterocycles. The van der Waals surface area contributed by atoms with Gasteiger partial charge in [0.05, 0.1) is 31.6 Å². The van der Waals surface area contributed by atoms with Crippen molar-refractivity contribution in [3.8, 4) is 23.0 Å². The lowest BCUT2D eigenvalue weighted by Gasteiger charge is -2.11. The first-order chi connectivity index (χ1) is 17.4. The molecule has 4 aromatic rings. The fourth-order valence-corrected chi connectivity index (χ4v) is 3.84. The van der Waals surface area contributed by atoms with Gasteiger partial charge >= 0.3 is 5.97 Å². The number of nitrogens with one attached hydrogen (secondary N) is 1. The summed E-state index contributed by atoms with van der Waals surface area (Å²) in [4.78, 5) is 25.4. The summed E-state index contributed by atoms with van der Waals surface area (Å²) in [7, 11) is 2.98. The number of halogens is 1. The van der Waals surface area contributed by atoms with Gasteiger partial charge < -0.3 is 19.3 Å². The van der Waals surface area contributed by atoms with Gasteiger partial charge in [0.1, 0.15) is 11.5 Å². The molecule has 8 nitrogen and oxygen atoms in total. The number of phenols is 1. The van der Waals surface area contributed by atoms with Crippen LogP contribution in [0.4, 0.5) is 0 Å². The Morgan fingerprint density at radius 2 is 1.58 bits per heavy atom. The van der Waals surface area contributed by atoms with Crippen molar-refractivity contribution in [2.24, 2.45) is 5.10 Å². The molecule has 1 amide bonds. The van der Waals surface area contributed by atoms with Gasteiger partial charge in [0.25, 0.3) is 5.91 Å². The minimum atomic E-state index is -0.613. The molecule has 0 bridgehead atoms. The first-order valence-electron chi connectivity index (χ1n) is 10.7. The zero-order valence-corrected chi connectivity index (χ0v) is 20.9. The van der Waals surface area contributed by atoms with Gasteiger partial charge in [-0.25, -0.2) is 10.2 Å². The van der Waals surface area contributed by atoms with E-state index in [1.54, 1.807) is 36.4 Å². The SMILES string of the molecule is COc1ccc(C(=O)Oc2ccc(Br)cc2/C=N/NC(=O)c2cc3ccccc3cc2O)cc1OC. The zero-order chi connectivity index (χ0) is 25.7. The number of nitrogens with zero attached hydrogens (tertiary/aromatic N) is 1. The molecule has 0 unspecified atom stereocenters. The van der Waals surface area contributed by atoms with Gasteiger partial charge in [-0.05, 0) is 59.3 Å². The number of rotatable bonds is 7. The number of amides is 1. The molecule has 0 saturated carbocycles. The van der Waals surface area contributed by atoms with Crippen LogP contribution in [-0.4, -0.2) is 37.4 Å². The molecule has 0 saturated heterocycles. The Morgan fingerprint density at radius 3 is 2.31 bits per heavy atom. The summed E-state index contributed by atoms with van der Waals surface area (Å²) < 4.78 is 16.7. The van der Waals surface area contributed by atoms with E-state index in [-0.39, 0.29) is 22.6 Å². The van der Waals surface area contributed by atoms with Crippen LogP contribution in [-0.2, 0) is 0 Å². The maximum Gasteiger partial charge on any atom is 0.343 e. The van der Waals surface area contributed by atoms with Gasteiger partial charge in [-0.1, -0.05) is 40.2 Å². The topological polar surface area (TPSA) is 106 Å². The van der Waals surface area contributed by atoms with E-state index < -0.39 is 11.9 Å². The fraction of sp³-hybridized carbons (Fsp3) is 0.0741. The first kappa shape index (κ1) is 24.7. The molecule has 0 aliphatic rings. The number of esters is 1. The first-order valence-corrected chi connectivity index (χ1v) is 11.5. The quantitative estimate of drug-likeness (QED) is 0.140. The van der Waals surface area contributed by atoms with Crippen LogP contribution in [0.5, 0.6) is 23.0 Å². The number of hydrazone groups is 1. The summed E-state index contributed by atoms with van der Waals surface area (Å²) in [6.07, 6.45) is 1.35. The van der Waals surface area contributed by atoms with E-state index in [9.17, 15) is 14.7 Å². The van der Waals surface area contributed by atoms with Crippen LogP contribution in [0.1, 0.15) is 26.3 Å². The summed E-state index contributed by atoms with van der Waals surface area (Å²) in [5, 5.41) is 15.9. The predicted molar refractivity (Wildman–Crippen MR) is 139 cm³/mol. The molecule has 182 valence electrons. The van der Waals surface area contributed by atoms with Crippen molar-refractivity contribution in [3.05, 3.63) is 94.0 Å². The smallest absolute Gasteiger partial charge is 0.343 e. The normalized spacial score (nSPS) is 10.9. The van der Waals surface area contributed by atoms with Gasteiger partial charge in [0, 0.05) is 10.0 Å². The monoisotopic (exact) mass is 548 g/mol. The van der Waals surface area contributed by atoms with Crippen LogP contribution >= 0.6 is 15.9 Å². The number of carbonyl (C=O) groups is 2. The van der Waals surface area contributed by atoms with Gasteiger partial charge in [0.15, 0.2) is 11.5 Å². The fourth-order valence-electron chi connectivity index (χ4n) is 3.47. The van der Waals surface area contributed by atoms with Crippen LogP contribution in [0.2, 0.25) is 0 Å². The van der Waals surface area contributed by atoms with Crippen LogP contribution in [0, 0.1) is 0 Å². The van der Waals surface area contributed by atoms with E-state index in [4.69, 9.17) is 14.2 Å². The van der Waals surface area contributed by atoms with Gasteiger partial charge in [-0.3, -0.25) is 4.79 Å². The second kappa shape index (κ2) is 10.9. The number of carbonyl (C=O) groups excluding carboxylic acids is 2. The highest BCUT2D eigenvalue weighted by atomic mass is 79.9. The van der Waals surface area contributed by atoms with E-state index in [0.29, 0.717) is 21.5 Å². The molecule has 0 atom stereocenters. The molecule has 0 aromatic heterocycles. The summed E-state index contributed by atoms with van der Waals surface area (Å²) >= 11 is 3.38. The lowest BCUT2D eigenvalue weighted by Crippen LogP contribution is -2.18. The molecule has 36 heavy (non-hydrogen) atoms. The number of fused-ring (bicyclic) bond motifs is 1. The van der Waals surface area contributed by atoms with Crippen LogP contribution < -0.4 is 19.6 Å². The molecule has 0 radical (unpaired) electrons. The molecule has 0 aliphatic carbocycles. The second-order valence-corrected chi connectivity index (χ2v) is 8.47. The number of methoxy groups -OCH3 is 2. The zero-order valence-electron chi connectivity index (χ0n) is 19.3.